The number of piperazine rings is 1. The van der Waals surface area contributed by atoms with Crippen LogP contribution in [0.15, 0.2) is 59.4 Å². The van der Waals surface area contributed by atoms with Gasteiger partial charge in [-0.25, -0.2) is 9.48 Å². The molecule has 6 nitrogen and oxygen atoms in total. The fraction of sp³-hybridized carbons (Fsp3) is 0.462. The summed E-state index contributed by atoms with van der Waals surface area (Å²) in [5, 5.41) is 5.41. The number of nitrogens with zero attached hydrogens (tertiary/aromatic N) is 5. The van der Waals surface area contributed by atoms with E-state index in [0.717, 1.165) is 75.8 Å². The quantitative estimate of drug-likeness (QED) is 0.407. The lowest BCUT2D eigenvalue weighted by atomic mass is 10.1. The third-order valence-electron chi connectivity index (χ3n) is 6.40. The van der Waals surface area contributed by atoms with Gasteiger partial charge in [0.25, 0.3) is 0 Å². The normalized spacial score (nSPS) is 14.2. The maximum absolute atomic E-state index is 12.9. The van der Waals surface area contributed by atoms with Crippen LogP contribution in [-0.4, -0.2) is 52.0 Å². The van der Waals surface area contributed by atoms with Gasteiger partial charge in [0.05, 0.1) is 0 Å². The Bertz CT molecular complexity index is 1070. The highest BCUT2D eigenvalue weighted by Gasteiger charge is 2.18. The van der Waals surface area contributed by atoms with Crippen molar-refractivity contribution >= 4 is 29.7 Å². The van der Waals surface area contributed by atoms with E-state index in [1.165, 1.54) is 11.3 Å². The average Bonchev–Trinajstić information content (AvgIpc) is 3.15. The first-order valence-electron chi connectivity index (χ1n) is 12.1. The topological polar surface area (TPSA) is 46.3 Å². The lowest BCUT2D eigenvalue weighted by Crippen LogP contribution is -2.46. The molecule has 0 saturated carbocycles. The summed E-state index contributed by atoms with van der Waals surface area (Å²) < 4.78 is 3.54. The van der Waals surface area contributed by atoms with Crippen molar-refractivity contribution in [2.45, 2.75) is 45.7 Å². The molecule has 2 aromatic carbocycles. The monoisotopic (exact) mass is 503 g/mol. The number of anilines is 1. The Morgan fingerprint density at radius 2 is 1.68 bits per heavy atom. The molecular weight excluding hydrogens is 469 g/mol. The molecule has 2 heterocycles. The summed E-state index contributed by atoms with van der Waals surface area (Å²) in [5.74, 6) is 0.892. The van der Waals surface area contributed by atoms with Gasteiger partial charge in [-0.15, -0.1) is 12.4 Å². The Kier molecular flexibility index (Phi) is 10.1. The van der Waals surface area contributed by atoms with Gasteiger partial charge in [-0.05, 0) is 43.0 Å². The second kappa shape index (κ2) is 13.0. The average molecular weight is 505 g/mol. The van der Waals surface area contributed by atoms with Crippen molar-refractivity contribution in [1.29, 1.82) is 0 Å². The van der Waals surface area contributed by atoms with Gasteiger partial charge in [-0.2, -0.15) is 5.10 Å². The molecule has 3 aromatic rings. The first kappa shape index (κ1) is 26.3. The second-order valence-electron chi connectivity index (χ2n) is 8.68. The van der Waals surface area contributed by atoms with Crippen LogP contribution in [-0.2, 0) is 25.9 Å². The lowest BCUT2D eigenvalue weighted by molar-refractivity contribution is 0.248. The van der Waals surface area contributed by atoms with Crippen LogP contribution in [0.25, 0.3) is 0 Å². The van der Waals surface area contributed by atoms with Gasteiger partial charge >= 0.3 is 5.69 Å². The maximum atomic E-state index is 12.9. The van der Waals surface area contributed by atoms with Crippen molar-refractivity contribution in [3.05, 3.63) is 81.5 Å². The van der Waals surface area contributed by atoms with Crippen LogP contribution in [0, 0.1) is 0 Å². The number of halogens is 2. The molecular formula is C26H35Cl2N5O. The molecule has 1 aliphatic rings. The van der Waals surface area contributed by atoms with Gasteiger partial charge < -0.3 is 4.90 Å². The van der Waals surface area contributed by atoms with E-state index in [-0.39, 0.29) is 18.1 Å². The summed E-state index contributed by atoms with van der Waals surface area (Å²) in [6.07, 6.45) is 3.63. The zero-order chi connectivity index (χ0) is 23.0. The highest BCUT2D eigenvalue weighted by Crippen LogP contribution is 2.20. The van der Waals surface area contributed by atoms with Crippen LogP contribution >= 0.6 is 24.0 Å². The number of hydrogen-bond donors (Lipinski definition) is 0. The third-order valence-corrected chi connectivity index (χ3v) is 6.63. The molecule has 1 saturated heterocycles. The summed E-state index contributed by atoms with van der Waals surface area (Å²) in [7, 11) is 0. The molecule has 1 fully saturated rings. The van der Waals surface area contributed by atoms with Crippen LogP contribution in [0.1, 0.15) is 31.2 Å². The zero-order valence-corrected chi connectivity index (χ0v) is 21.5. The Hall–Kier alpha value is -2.28. The molecule has 0 atom stereocenters. The van der Waals surface area contributed by atoms with E-state index in [1.54, 1.807) is 4.68 Å². The van der Waals surface area contributed by atoms with Crippen molar-refractivity contribution < 1.29 is 0 Å². The SMILES string of the molecule is CCc1nn(CCCN2CCN(c3cccc(Cl)c3)CC2)c(=O)n1CCCc1ccccc1.Cl. The van der Waals surface area contributed by atoms with E-state index in [1.807, 2.05) is 28.8 Å². The van der Waals surface area contributed by atoms with E-state index in [4.69, 9.17) is 11.6 Å². The van der Waals surface area contributed by atoms with Crippen LogP contribution in [0.4, 0.5) is 5.69 Å². The summed E-state index contributed by atoms with van der Waals surface area (Å²) in [4.78, 5) is 17.8. The first-order valence-corrected chi connectivity index (χ1v) is 12.4. The molecule has 0 spiro atoms. The minimum atomic E-state index is 0. The van der Waals surface area contributed by atoms with Gasteiger partial charge in [0.15, 0.2) is 0 Å². The molecule has 1 aliphatic heterocycles. The molecule has 0 bridgehead atoms. The van der Waals surface area contributed by atoms with Crippen molar-refractivity contribution in [2.24, 2.45) is 0 Å². The molecule has 34 heavy (non-hydrogen) atoms. The van der Waals surface area contributed by atoms with E-state index in [2.05, 4.69) is 52.2 Å². The maximum Gasteiger partial charge on any atom is 0.345 e. The largest absolute Gasteiger partial charge is 0.369 e. The van der Waals surface area contributed by atoms with Crippen LogP contribution < -0.4 is 10.6 Å². The molecule has 4 rings (SSSR count). The molecule has 1 aromatic heterocycles. The number of aromatic nitrogens is 3. The Balaban J connectivity index is 0.00000324. The van der Waals surface area contributed by atoms with Crippen LogP contribution in [0.3, 0.4) is 0 Å². The minimum absolute atomic E-state index is 0. The molecule has 184 valence electrons. The van der Waals surface area contributed by atoms with Gasteiger partial charge in [0.2, 0.25) is 0 Å². The van der Waals surface area contributed by atoms with Crippen molar-refractivity contribution in [2.75, 3.05) is 37.6 Å². The predicted octanol–water partition coefficient (Wildman–Crippen LogP) is 4.53. The third kappa shape index (κ3) is 6.87. The first-order chi connectivity index (χ1) is 16.1. The highest BCUT2D eigenvalue weighted by atomic mass is 35.5. The molecule has 0 N–H and O–H groups in total. The Labute approximate surface area is 213 Å². The summed E-state index contributed by atoms with van der Waals surface area (Å²) in [6, 6.07) is 18.5. The van der Waals surface area contributed by atoms with Crippen molar-refractivity contribution in [3.8, 4) is 0 Å². The van der Waals surface area contributed by atoms with Crippen molar-refractivity contribution in [1.82, 2.24) is 19.2 Å². The minimum Gasteiger partial charge on any atom is -0.369 e. The van der Waals surface area contributed by atoms with Gasteiger partial charge in [0, 0.05) is 62.9 Å². The fourth-order valence-corrected chi connectivity index (χ4v) is 4.73. The standard InChI is InChI=1S/C26H34ClN5O.ClH/c1-2-25-28-32(26(33)31(25)15-7-11-22-9-4-3-5-10-22)16-8-14-29-17-19-30(20-18-29)24-13-6-12-23(27)21-24;/h3-6,9-10,12-13,21H,2,7-8,11,14-20H2,1H3;1H. The molecule has 0 amide bonds. The molecule has 0 unspecified atom stereocenters. The van der Waals surface area contributed by atoms with Gasteiger partial charge in [0.1, 0.15) is 5.82 Å². The molecule has 8 heteroatoms. The van der Waals surface area contributed by atoms with E-state index in [0.29, 0.717) is 6.54 Å². The van der Waals surface area contributed by atoms with E-state index >= 15 is 0 Å². The summed E-state index contributed by atoms with van der Waals surface area (Å²) >= 11 is 6.14. The van der Waals surface area contributed by atoms with Crippen LogP contribution in [0.2, 0.25) is 5.02 Å². The Morgan fingerprint density at radius 1 is 0.912 bits per heavy atom. The number of hydrogen-bond acceptors (Lipinski definition) is 4. The fourth-order valence-electron chi connectivity index (χ4n) is 4.55. The van der Waals surface area contributed by atoms with Crippen molar-refractivity contribution in [3.63, 3.8) is 0 Å². The molecule has 0 radical (unpaired) electrons. The summed E-state index contributed by atoms with van der Waals surface area (Å²) in [6.45, 7) is 8.49. The molecule has 0 aliphatic carbocycles. The van der Waals surface area contributed by atoms with E-state index < -0.39 is 0 Å². The number of rotatable bonds is 10. The van der Waals surface area contributed by atoms with Crippen LogP contribution in [0.5, 0.6) is 0 Å². The smallest absolute Gasteiger partial charge is 0.345 e. The summed E-state index contributed by atoms with van der Waals surface area (Å²) in [5.41, 5.74) is 2.54. The number of aryl methyl sites for hydroxylation is 3. The zero-order valence-electron chi connectivity index (χ0n) is 19.9. The predicted molar refractivity (Wildman–Crippen MR) is 143 cm³/mol. The highest BCUT2D eigenvalue weighted by molar-refractivity contribution is 6.30. The van der Waals surface area contributed by atoms with Gasteiger partial charge in [-0.3, -0.25) is 9.47 Å². The lowest BCUT2D eigenvalue weighted by Gasteiger charge is -2.36. The van der Waals surface area contributed by atoms with Gasteiger partial charge in [-0.1, -0.05) is 54.9 Å². The van der Waals surface area contributed by atoms with E-state index in [9.17, 15) is 4.79 Å². The Morgan fingerprint density at radius 3 is 2.38 bits per heavy atom. The number of benzene rings is 2. The second-order valence-corrected chi connectivity index (χ2v) is 9.11.